The lowest BCUT2D eigenvalue weighted by molar-refractivity contribution is -0.140. The summed E-state index contributed by atoms with van der Waals surface area (Å²) in [6, 6.07) is 8.11. The summed E-state index contributed by atoms with van der Waals surface area (Å²) in [6.07, 6.45) is 4.58. The molecule has 2 aromatic heterocycles. The van der Waals surface area contributed by atoms with Gasteiger partial charge < -0.3 is 14.8 Å². The number of tetrazole rings is 1. The Morgan fingerprint density at radius 1 is 1.04 bits per heavy atom. The molecule has 1 fully saturated rings. The van der Waals surface area contributed by atoms with Crippen molar-refractivity contribution >= 4 is 22.7 Å². The Balaban J connectivity index is 1.26. The zero-order valence-corrected chi connectivity index (χ0v) is 14.9. The fraction of sp³-hybridized carbons (Fsp3) is 0.389. The maximum Gasteiger partial charge on any atom is 0.244 e. The van der Waals surface area contributed by atoms with Gasteiger partial charge in [0.05, 0.1) is 0 Å². The van der Waals surface area contributed by atoms with Crippen molar-refractivity contribution in [2.45, 2.75) is 19.4 Å². The second kappa shape index (κ2) is 7.56. The number of carbonyl (C=O) groups is 2. The van der Waals surface area contributed by atoms with Crippen molar-refractivity contribution in [1.82, 2.24) is 35.0 Å². The SMILES string of the molecule is O=C(CCc1c[nH]c2ccccc12)N1CCN(C(=O)Cn2cnnn2)CC1. The van der Waals surface area contributed by atoms with Gasteiger partial charge in [0.2, 0.25) is 11.8 Å². The maximum atomic E-state index is 12.5. The number of piperazine rings is 1. The molecule has 0 atom stereocenters. The van der Waals surface area contributed by atoms with E-state index in [0.717, 1.165) is 11.1 Å². The van der Waals surface area contributed by atoms with Crippen molar-refractivity contribution in [2.75, 3.05) is 26.2 Å². The van der Waals surface area contributed by atoms with Gasteiger partial charge >= 0.3 is 0 Å². The van der Waals surface area contributed by atoms with E-state index in [4.69, 9.17) is 0 Å². The quantitative estimate of drug-likeness (QED) is 0.706. The summed E-state index contributed by atoms with van der Waals surface area (Å²) in [5.41, 5.74) is 2.25. The average Bonchev–Trinajstić information content (AvgIpc) is 3.36. The first-order chi connectivity index (χ1) is 13.2. The lowest BCUT2D eigenvalue weighted by Gasteiger charge is -2.34. The zero-order valence-electron chi connectivity index (χ0n) is 14.9. The summed E-state index contributed by atoms with van der Waals surface area (Å²) in [6.45, 7) is 2.34. The van der Waals surface area contributed by atoms with E-state index in [1.807, 2.05) is 29.3 Å². The molecule has 1 saturated heterocycles. The van der Waals surface area contributed by atoms with Crippen LogP contribution < -0.4 is 0 Å². The van der Waals surface area contributed by atoms with Crippen LogP contribution in [0.3, 0.4) is 0 Å². The van der Waals surface area contributed by atoms with Crippen LogP contribution in [-0.4, -0.2) is 73.0 Å². The first-order valence-corrected chi connectivity index (χ1v) is 9.02. The van der Waals surface area contributed by atoms with Gasteiger partial charge in [-0.05, 0) is 28.5 Å². The average molecular weight is 367 g/mol. The van der Waals surface area contributed by atoms with Crippen LogP contribution in [0.5, 0.6) is 0 Å². The maximum absolute atomic E-state index is 12.5. The molecule has 2 amide bonds. The highest BCUT2D eigenvalue weighted by Gasteiger charge is 2.24. The van der Waals surface area contributed by atoms with Gasteiger partial charge in [0, 0.05) is 49.7 Å². The molecule has 0 unspecified atom stereocenters. The molecule has 1 aromatic carbocycles. The third-order valence-electron chi connectivity index (χ3n) is 4.96. The van der Waals surface area contributed by atoms with Crippen molar-refractivity contribution in [3.63, 3.8) is 0 Å². The molecule has 9 nitrogen and oxygen atoms in total. The number of nitrogens with zero attached hydrogens (tertiary/aromatic N) is 6. The topological polar surface area (TPSA) is 100 Å². The number of rotatable bonds is 5. The summed E-state index contributed by atoms with van der Waals surface area (Å²) in [4.78, 5) is 31.6. The molecule has 9 heteroatoms. The van der Waals surface area contributed by atoms with Gasteiger partial charge in [0.1, 0.15) is 12.9 Å². The number of benzene rings is 1. The molecule has 140 valence electrons. The third kappa shape index (κ3) is 3.81. The molecule has 1 aliphatic heterocycles. The van der Waals surface area contributed by atoms with Gasteiger partial charge in [-0.2, -0.15) is 0 Å². The highest BCUT2D eigenvalue weighted by molar-refractivity contribution is 5.84. The number of amides is 2. The van der Waals surface area contributed by atoms with Crippen LogP contribution >= 0.6 is 0 Å². The van der Waals surface area contributed by atoms with Crippen LogP contribution in [0.2, 0.25) is 0 Å². The fourth-order valence-electron chi connectivity index (χ4n) is 3.43. The van der Waals surface area contributed by atoms with Crippen molar-refractivity contribution in [2.24, 2.45) is 0 Å². The van der Waals surface area contributed by atoms with E-state index in [1.165, 1.54) is 16.4 Å². The number of aromatic amines is 1. The van der Waals surface area contributed by atoms with Crippen LogP contribution in [-0.2, 0) is 22.6 Å². The normalized spacial score (nSPS) is 14.7. The molecule has 3 heterocycles. The first-order valence-electron chi connectivity index (χ1n) is 9.02. The largest absolute Gasteiger partial charge is 0.361 e. The Labute approximate surface area is 155 Å². The summed E-state index contributed by atoms with van der Waals surface area (Å²) in [5, 5.41) is 11.9. The van der Waals surface area contributed by atoms with Crippen molar-refractivity contribution in [3.05, 3.63) is 42.4 Å². The van der Waals surface area contributed by atoms with Gasteiger partial charge in [-0.15, -0.1) is 5.10 Å². The van der Waals surface area contributed by atoms with Gasteiger partial charge in [-0.3, -0.25) is 9.59 Å². The number of aromatic nitrogens is 5. The Hall–Kier alpha value is -3.23. The molecule has 1 N–H and O–H groups in total. The molecule has 4 rings (SSSR count). The van der Waals surface area contributed by atoms with E-state index in [-0.39, 0.29) is 18.4 Å². The van der Waals surface area contributed by atoms with Crippen LogP contribution in [0.1, 0.15) is 12.0 Å². The minimum Gasteiger partial charge on any atom is -0.361 e. The smallest absolute Gasteiger partial charge is 0.244 e. The van der Waals surface area contributed by atoms with Crippen LogP contribution in [0.25, 0.3) is 10.9 Å². The Morgan fingerprint density at radius 2 is 1.78 bits per heavy atom. The van der Waals surface area contributed by atoms with Crippen molar-refractivity contribution in [1.29, 1.82) is 0 Å². The molecule has 27 heavy (non-hydrogen) atoms. The molecule has 0 radical (unpaired) electrons. The summed E-state index contributed by atoms with van der Waals surface area (Å²) in [7, 11) is 0. The van der Waals surface area contributed by atoms with Gasteiger partial charge in [-0.1, -0.05) is 18.2 Å². The molecule has 0 aliphatic carbocycles. The van der Waals surface area contributed by atoms with E-state index >= 15 is 0 Å². The standard InChI is InChI=1S/C18H21N7O2/c26-17(6-5-14-11-19-16-4-2-1-3-15(14)16)23-7-9-24(10-8-23)18(27)12-25-13-20-21-22-25/h1-4,11,13,19H,5-10,12H2. The summed E-state index contributed by atoms with van der Waals surface area (Å²) < 4.78 is 1.40. The van der Waals surface area contributed by atoms with E-state index in [1.54, 1.807) is 4.90 Å². The summed E-state index contributed by atoms with van der Waals surface area (Å²) >= 11 is 0. The Morgan fingerprint density at radius 3 is 2.52 bits per heavy atom. The third-order valence-corrected chi connectivity index (χ3v) is 4.96. The van der Waals surface area contributed by atoms with E-state index in [0.29, 0.717) is 39.0 Å². The van der Waals surface area contributed by atoms with E-state index in [2.05, 4.69) is 26.6 Å². The molecule has 1 aliphatic rings. The summed E-state index contributed by atoms with van der Waals surface area (Å²) in [5.74, 6) is 0.0982. The minimum absolute atomic E-state index is 0.0341. The molecule has 0 bridgehead atoms. The minimum atomic E-state index is -0.0341. The second-order valence-corrected chi connectivity index (χ2v) is 6.63. The number of aryl methyl sites for hydroxylation is 1. The van der Waals surface area contributed by atoms with E-state index in [9.17, 15) is 9.59 Å². The van der Waals surface area contributed by atoms with Crippen molar-refractivity contribution < 1.29 is 9.59 Å². The highest BCUT2D eigenvalue weighted by atomic mass is 16.2. The zero-order chi connectivity index (χ0) is 18.6. The highest BCUT2D eigenvalue weighted by Crippen LogP contribution is 2.19. The number of H-pyrrole nitrogens is 1. The number of nitrogens with one attached hydrogen (secondary N) is 1. The lowest BCUT2D eigenvalue weighted by atomic mass is 10.1. The van der Waals surface area contributed by atoms with E-state index < -0.39 is 0 Å². The molecule has 0 saturated carbocycles. The van der Waals surface area contributed by atoms with Crippen LogP contribution in [0.4, 0.5) is 0 Å². The number of fused-ring (bicyclic) bond motifs is 1. The first kappa shape index (κ1) is 17.2. The number of hydrogen-bond donors (Lipinski definition) is 1. The van der Waals surface area contributed by atoms with Gasteiger partial charge in [0.25, 0.3) is 0 Å². The monoisotopic (exact) mass is 367 g/mol. The molecular formula is C18H21N7O2. The fourth-order valence-corrected chi connectivity index (χ4v) is 3.43. The predicted molar refractivity (Wildman–Crippen MR) is 97.6 cm³/mol. The van der Waals surface area contributed by atoms with Gasteiger partial charge in [0.15, 0.2) is 0 Å². The number of hydrogen-bond acceptors (Lipinski definition) is 5. The Bertz CT molecular complexity index is 926. The predicted octanol–water partition coefficient (Wildman–Crippen LogP) is 0.458. The molecular weight excluding hydrogens is 346 g/mol. The van der Waals surface area contributed by atoms with Crippen LogP contribution in [0.15, 0.2) is 36.8 Å². The van der Waals surface area contributed by atoms with Crippen molar-refractivity contribution in [3.8, 4) is 0 Å². The lowest BCUT2D eigenvalue weighted by Crippen LogP contribution is -2.51. The number of para-hydroxylation sites is 1. The second-order valence-electron chi connectivity index (χ2n) is 6.63. The molecule has 0 spiro atoms. The number of carbonyl (C=O) groups excluding carboxylic acids is 2. The Kier molecular flexibility index (Phi) is 4.82. The van der Waals surface area contributed by atoms with Gasteiger partial charge in [-0.25, -0.2) is 4.68 Å². The van der Waals surface area contributed by atoms with Crippen LogP contribution in [0, 0.1) is 0 Å². The molecule has 3 aromatic rings.